The van der Waals surface area contributed by atoms with Crippen molar-refractivity contribution in [3.63, 3.8) is 0 Å². The highest BCUT2D eigenvalue weighted by Crippen LogP contribution is 2.24. The van der Waals surface area contributed by atoms with Crippen LogP contribution in [0, 0.1) is 0 Å². The van der Waals surface area contributed by atoms with E-state index < -0.39 is 0 Å². The van der Waals surface area contributed by atoms with E-state index in [4.69, 9.17) is 4.74 Å². The van der Waals surface area contributed by atoms with Gasteiger partial charge < -0.3 is 9.84 Å². The van der Waals surface area contributed by atoms with Gasteiger partial charge in [-0.3, -0.25) is 4.98 Å². The van der Waals surface area contributed by atoms with E-state index in [1.165, 1.54) is 0 Å². The largest absolute Gasteiger partial charge is 0.497 e. The zero-order chi connectivity index (χ0) is 11.4. The van der Waals surface area contributed by atoms with Crippen molar-refractivity contribution in [2.45, 2.75) is 6.61 Å². The van der Waals surface area contributed by atoms with E-state index in [1.807, 2.05) is 36.4 Å². The number of aromatic nitrogens is 1. The smallest absolute Gasteiger partial charge is 0.119 e. The second kappa shape index (κ2) is 4.77. The van der Waals surface area contributed by atoms with Crippen molar-refractivity contribution in [2.75, 3.05) is 7.11 Å². The molecule has 3 heteroatoms. The van der Waals surface area contributed by atoms with Crippen molar-refractivity contribution < 1.29 is 9.84 Å². The summed E-state index contributed by atoms with van der Waals surface area (Å²) < 4.78 is 5.16. The minimum absolute atomic E-state index is 0.0135. The highest BCUT2D eigenvalue weighted by Gasteiger charge is 2.05. The van der Waals surface area contributed by atoms with Crippen LogP contribution >= 0.6 is 0 Å². The Bertz CT molecular complexity index is 483. The van der Waals surface area contributed by atoms with E-state index in [0.29, 0.717) is 0 Å². The molecule has 0 radical (unpaired) electrons. The van der Waals surface area contributed by atoms with E-state index >= 15 is 0 Å². The molecule has 0 fully saturated rings. The van der Waals surface area contributed by atoms with Gasteiger partial charge in [0.15, 0.2) is 0 Å². The van der Waals surface area contributed by atoms with Crippen LogP contribution in [0.5, 0.6) is 5.75 Å². The summed E-state index contributed by atoms with van der Waals surface area (Å²) in [4.78, 5) is 4.28. The Morgan fingerprint density at radius 2 is 2.12 bits per heavy atom. The Balaban J connectivity index is 2.49. The van der Waals surface area contributed by atoms with E-state index in [1.54, 1.807) is 13.3 Å². The highest BCUT2D eigenvalue weighted by molar-refractivity contribution is 5.64. The first-order valence-electron chi connectivity index (χ1n) is 5.04. The second-order valence-electron chi connectivity index (χ2n) is 3.40. The Morgan fingerprint density at radius 3 is 2.88 bits per heavy atom. The first-order chi connectivity index (χ1) is 7.85. The number of aliphatic hydroxyl groups is 1. The monoisotopic (exact) mass is 215 g/mol. The predicted octanol–water partition coefficient (Wildman–Crippen LogP) is 2.25. The number of hydrogen-bond donors (Lipinski definition) is 1. The number of methoxy groups -OCH3 is 1. The Morgan fingerprint density at radius 1 is 1.25 bits per heavy atom. The molecule has 82 valence electrons. The first-order valence-corrected chi connectivity index (χ1v) is 5.04. The second-order valence-corrected chi connectivity index (χ2v) is 3.40. The minimum Gasteiger partial charge on any atom is -0.497 e. The fourth-order valence-corrected chi connectivity index (χ4v) is 1.60. The molecule has 0 aliphatic heterocycles. The van der Waals surface area contributed by atoms with Crippen molar-refractivity contribution >= 4 is 0 Å². The van der Waals surface area contributed by atoms with Crippen molar-refractivity contribution in [2.24, 2.45) is 0 Å². The van der Waals surface area contributed by atoms with Gasteiger partial charge in [0, 0.05) is 17.3 Å². The summed E-state index contributed by atoms with van der Waals surface area (Å²) in [6, 6.07) is 11.3. The quantitative estimate of drug-likeness (QED) is 0.853. The molecule has 1 heterocycles. The lowest BCUT2D eigenvalue weighted by Crippen LogP contribution is -1.92. The maximum absolute atomic E-state index is 9.23. The lowest BCUT2D eigenvalue weighted by atomic mass is 10.1. The summed E-state index contributed by atoms with van der Waals surface area (Å²) >= 11 is 0. The maximum Gasteiger partial charge on any atom is 0.119 e. The molecule has 2 aromatic rings. The molecular formula is C13H13NO2. The van der Waals surface area contributed by atoms with Gasteiger partial charge >= 0.3 is 0 Å². The van der Waals surface area contributed by atoms with Crippen LogP contribution in [0.25, 0.3) is 11.3 Å². The highest BCUT2D eigenvalue weighted by atomic mass is 16.5. The molecule has 1 aromatic heterocycles. The normalized spacial score (nSPS) is 10.1. The van der Waals surface area contributed by atoms with E-state index in [9.17, 15) is 5.11 Å². The summed E-state index contributed by atoms with van der Waals surface area (Å²) in [6.07, 6.45) is 1.72. The SMILES string of the molecule is COc1cccc(-c2ncccc2CO)c1. The summed E-state index contributed by atoms with van der Waals surface area (Å²) in [5.74, 6) is 0.784. The molecule has 0 unspecified atom stereocenters. The van der Waals surface area contributed by atoms with Gasteiger partial charge in [0.1, 0.15) is 5.75 Å². The molecular weight excluding hydrogens is 202 g/mol. The number of nitrogens with zero attached hydrogens (tertiary/aromatic N) is 1. The summed E-state index contributed by atoms with van der Waals surface area (Å²) in [6.45, 7) is -0.0135. The van der Waals surface area contributed by atoms with Crippen LogP contribution in [0.2, 0.25) is 0 Å². The Labute approximate surface area is 94.3 Å². The third-order valence-corrected chi connectivity index (χ3v) is 2.40. The molecule has 0 bridgehead atoms. The molecule has 0 amide bonds. The van der Waals surface area contributed by atoms with E-state index in [0.717, 1.165) is 22.6 Å². The van der Waals surface area contributed by atoms with Gasteiger partial charge in [0.2, 0.25) is 0 Å². The van der Waals surface area contributed by atoms with Crippen molar-refractivity contribution in [3.8, 4) is 17.0 Å². The molecule has 0 saturated carbocycles. The number of aliphatic hydroxyl groups excluding tert-OH is 1. The average molecular weight is 215 g/mol. The van der Waals surface area contributed by atoms with Crippen molar-refractivity contribution in [3.05, 3.63) is 48.2 Å². The number of benzene rings is 1. The van der Waals surface area contributed by atoms with Gasteiger partial charge in [-0.2, -0.15) is 0 Å². The van der Waals surface area contributed by atoms with E-state index in [2.05, 4.69) is 4.98 Å². The third-order valence-electron chi connectivity index (χ3n) is 2.40. The molecule has 1 aromatic carbocycles. The standard InChI is InChI=1S/C13H13NO2/c1-16-12-6-2-4-10(8-12)13-11(9-15)5-3-7-14-13/h2-8,15H,9H2,1H3. The first kappa shape index (κ1) is 10.6. The van der Waals surface area contributed by atoms with Gasteiger partial charge in [0.05, 0.1) is 19.4 Å². The number of hydrogen-bond acceptors (Lipinski definition) is 3. The van der Waals surface area contributed by atoms with Gasteiger partial charge in [-0.05, 0) is 18.2 Å². The zero-order valence-corrected chi connectivity index (χ0v) is 9.05. The van der Waals surface area contributed by atoms with Crippen LogP contribution in [0.1, 0.15) is 5.56 Å². The molecule has 2 rings (SSSR count). The minimum atomic E-state index is -0.0135. The third kappa shape index (κ3) is 2.04. The predicted molar refractivity (Wildman–Crippen MR) is 62.1 cm³/mol. The fraction of sp³-hybridized carbons (Fsp3) is 0.154. The van der Waals surface area contributed by atoms with Crippen molar-refractivity contribution in [1.82, 2.24) is 4.98 Å². The van der Waals surface area contributed by atoms with Crippen LogP contribution in [0.15, 0.2) is 42.6 Å². The molecule has 16 heavy (non-hydrogen) atoms. The van der Waals surface area contributed by atoms with Crippen LogP contribution in [-0.2, 0) is 6.61 Å². The molecule has 0 aliphatic carbocycles. The molecule has 3 nitrogen and oxygen atoms in total. The van der Waals surface area contributed by atoms with Gasteiger partial charge in [-0.1, -0.05) is 18.2 Å². The van der Waals surface area contributed by atoms with Crippen LogP contribution in [0.3, 0.4) is 0 Å². The molecule has 0 atom stereocenters. The molecule has 0 saturated heterocycles. The summed E-state index contributed by atoms with van der Waals surface area (Å²) in [7, 11) is 1.63. The maximum atomic E-state index is 9.23. The summed E-state index contributed by atoms with van der Waals surface area (Å²) in [5, 5.41) is 9.23. The zero-order valence-electron chi connectivity index (χ0n) is 9.05. The van der Waals surface area contributed by atoms with Crippen molar-refractivity contribution in [1.29, 1.82) is 0 Å². The molecule has 1 N–H and O–H groups in total. The fourth-order valence-electron chi connectivity index (χ4n) is 1.60. The summed E-state index contributed by atoms with van der Waals surface area (Å²) in [5.41, 5.74) is 2.56. The van der Waals surface area contributed by atoms with Gasteiger partial charge in [-0.25, -0.2) is 0 Å². The van der Waals surface area contributed by atoms with Gasteiger partial charge in [-0.15, -0.1) is 0 Å². The number of rotatable bonds is 3. The Hall–Kier alpha value is -1.87. The average Bonchev–Trinajstić information content (AvgIpc) is 2.38. The van der Waals surface area contributed by atoms with E-state index in [-0.39, 0.29) is 6.61 Å². The van der Waals surface area contributed by atoms with Crippen LogP contribution in [-0.4, -0.2) is 17.2 Å². The molecule has 0 aliphatic rings. The lowest BCUT2D eigenvalue weighted by Gasteiger charge is -2.07. The number of pyridine rings is 1. The lowest BCUT2D eigenvalue weighted by molar-refractivity contribution is 0.282. The topological polar surface area (TPSA) is 42.4 Å². The molecule has 0 spiro atoms. The Kier molecular flexibility index (Phi) is 3.17. The number of ether oxygens (including phenoxy) is 1. The van der Waals surface area contributed by atoms with Crippen LogP contribution < -0.4 is 4.74 Å². The van der Waals surface area contributed by atoms with Gasteiger partial charge in [0.25, 0.3) is 0 Å². The van der Waals surface area contributed by atoms with Crippen LogP contribution in [0.4, 0.5) is 0 Å².